The molecule has 4 aromatic rings. The molecule has 0 aromatic heterocycles. The molecule has 1 saturated heterocycles. The first kappa shape index (κ1) is 37.5. The summed E-state index contributed by atoms with van der Waals surface area (Å²) in [6.07, 6.45) is 0. The van der Waals surface area contributed by atoms with Gasteiger partial charge in [0.2, 0.25) is 0 Å². The Labute approximate surface area is 288 Å². The van der Waals surface area contributed by atoms with Crippen molar-refractivity contribution < 1.29 is 57.7 Å². The van der Waals surface area contributed by atoms with Crippen LogP contribution in [0.4, 0.5) is 0 Å². The van der Waals surface area contributed by atoms with Crippen molar-refractivity contribution in [2.24, 2.45) is 0 Å². The maximum absolute atomic E-state index is 4.02. The number of nitrogens with one attached hydrogen (secondary N) is 1. The van der Waals surface area contributed by atoms with Gasteiger partial charge in [-0.1, -0.05) is 0 Å². The van der Waals surface area contributed by atoms with Crippen molar-refractivity contribution in [1.29, 1.82) is 0 Å². The van der Waals surface area contributed by atoms with Crippen molar-refractivity contribution in [1.82, 2.24) is 20.0 Å². The second-order valence-corrected chi connectivity index (χ2v) is 12.5. The van der Waals surface area contributed by atoms with Gasteiger partial charge < -0.3 is 37.2 Å². The van der Waals surface area contributed by atoms with Gasteiger partial charge in [-0.15, -0.1) is 0 Å². The molecule has 0 saturated carbocycles. The molecule has 4 aromatic carbocycles. The first-order chi connectivity index (χ1) is 19.5. The van der Waals surface area contributed by atoms with Gasteiger partial charge in [0.15, 0.2) is 0 Å². The first-order valence-electron chi connectivity index (χ1n) is 14.3. The van der Waals surface area contributed by atoms with Crippen LogP contribution in [0.1, 0.15) is 40.4 Å². The zero-order valence-corrected chi connectivity index (χ0v) is 28.9. The molecule has 0 amide bonds. The van der Waals surface area contributed by atoms with E-state index in [4.69, 9.17) is 0 Å². The van der Waals surface area contributed by atoms with Crippen LogP contribution in [-0.4, -0.2) is 62.0 Å². The molecule has 1 fully saturated rings. The van der Waals surface area contributed by atoms with E-state index in [1.165, 1.54) is 22.3 Å². The molecule has 43 heavy (non-hydrogen) atoms. The Bertz CT molecular complexity index is 1320. The van der Waals surface area contributed by atoms with Gasteiger partial charge in [-0.3, -0.25) is 0 Å². The predicted octanol–water partition coefficient (Wildman–Crippen LogP) is -2.98. The van der Waals surface area contributed by atoms with E-state index in [9.17, 15) is 0 Å². The van der Waals surface area contributed by atoms with Crippen LogP contribution in [0.3, 0.4) is 0 Å². The summed E-state index contributed by atoms with van der Waals surface area (Å²) in [5.74, 6) is 0. The van der Waals surface area contributed by atoms with E-state index < -0.39 is 0 Å². The third kappa shape index (κ3) is 9.17. The minimum atomic E-state index is -0.186. The molecule has 1 N–H and O–H groups in total. The Balaban J connectivity index is 0.00000215. The van der Waals surface area contributed by atoms with E-state index in [0.29, 0.717) is 0 Å². The molecule has 8 heteroatoms. The monoisotopic (exact) mass is 670 g/mol. The number of nitrogens with zero attached hydrogens (tertiary/aromatic N) is 3. The van der Waals surface area contributed by atoms with Crippen molar-refractivity contribution in [3.8, 4) is 0 Å². The second kappa shape index (κ2) is 17.7. The summed E-state index contributed by atoms with van der Waals surface area (Å²) >= 11 is 2.41. The number of hydrogen-bond acceptors (Lipinski definition) is 4. The van der Waals surface area contributed by atoms with Gasteiger partial charge in [-0.25, -0.2) is 0 Å². The zero-order chi connectivity index (χ0) is 28.0. The SMILES string of the molecule is CN1CC(c2ccccc2)NCC(c2ccccc2)N(C)C[C]([Ti+3])(c2ccccc2)N(C)CC1c1ccccc1.[Cl-].[Cl-].[Cl-]. The van der Waals surface area contributed by atoms with Crippen molar-refractivity contribution >= 4 is 0 Å². The van der Waals surface area contributed by atoms with Gasteiger partial charge in [0.25, 0.3) is 0 Å². The van der Waals surface area contributed by atoms with Crippen LogP contribution in [0.5, 0.6) is 0 Å². The quantitative estimate of drug-likeness (QED) is 0.234. The number of rotatable bonds is 4. The topological polar surface area (TPSA) is 21.8 Å². The number of benzene rings is 4. The van der Waals surface area contributed by atoms with E-state index >= 15 is 0 Å². The molecule has 0 bridgehead atoms. The van der Waals surface area contributed by atoms with Crippen LogP contribution in [0.25, 0.3) is 0 Å². The second-order valence-electron chi connectivity index (χ2n) is 11.2. The summed E-state index contributed by atoms with van der Waals surface area (Å²) in [6, 6.07) is 44.7. The fourth-order valence-corrected chi connectivity index (χ4v) is 6.84. The summed E-state index contributed by atoms with van der Waals surface area (Å²) in [6.45, 7) is 3.58. The summed E-state index contributed by atoms with van der Waals surface area (Å²) in [7, 11) is 6.88. The molecule has 1 heterocycles. The van der Waals surface area contributed by atoms with Crippen LogP contribution < -0.4 is 42.5 Å². The van der Waals surface area contributed by atoms with Crippen LogP contribution in [0, 0.1) is 0 Å². The smallest absolute Gasteiger partial charge is 1.00 e. The van der Waals surface area contributed by atoms with Crippen molar-refractivity contribution in [3.63, 3.8) is 0 Å². The Morgan fingerprint density at radius 2 is 1.02 bits per heavy atom. The van der Waals surface area contributed by atoms with E-state index in [-0.39, 0.29) is 59.2 Å². The first-order valence-corrected chi connectivity index (χ1v) is 15.0. The van der Waals surface area contributed by atoms with E-state index in [0.717, 1.165) is 26.2 Å². The average Bonchev–Trinajstić information content (AvgIpc) is 3.00. The fraction of sp³-hybridized carbons (Fsp3) is 0.314. The maximum Gasteiger partial charge on any atom is -1.00 e. The van der Waals surface area contributed by atoms with Crippen molar-refractivity contribution in [2.75, 3.05) is 47.3 Å². The molecule has 0 spiro atoms. The Morgan fingerprint density at radius 1 is 0.581 bits per heavy atom. The van der Waals surface area contributed by atoms with Crippen molar-refractivity contribution in [2.45, 2.75) is 22.0 Å². The fourth-order valence-electron chi connectivity index (χ4n) is 6.05. The standard InChI is InChI=1S/C35H41N4.3ClH.Ti/c1-37-25-32(28-16-8-4-9-17-28)36-24-33(29-18-10-5-11-19-29)38(2)26-35(31-22-14-7-15-23-31)39(3)27-34(37)30-20-12-6-13-21-30;;;;/h4-23,32-34,36H,24-27H2,1-3H3;3*1H;/q;;;;+3/p-3. The molecule has 1 aliphatic heterocycles. The largest absolute Gasteiger partial charge is 1.00 e. The normalized spacial score (nSPS) is 24.3. The number of likely N-dealkylation sites (N-methyl/N-ethyl adjacent to an activating group) is 3. The van der Waals surface area contributed by atoms with E-state index in [1.807, 2.05) is 0 Å². The number of halogens is 3. The van der Waals surface area contributed by atoms with Crippen LogP contribution >= 0.6 is 0 Å². The van der Waals surface area contributed by atoms with Gasteiger partial charge in [-0.05, 0) is 0 Å². The molecule has 4 nitrogen and oxygen atoms in total. The van der Waals surface area contributed by atoms with Gasteiger partial charge in [0.05, 0.1) is 0 Å². The van der Waals surface area contributed by atoms with E-state index in [2.05, 4.69) is 183 Å². The average molecular weight is 672 g/mol. The number of hydrogen-bond donors (Lipinski definition) is 1. The molecule has 0 aliphatic carbocycles. The van der Waals surface area contributed by atoms with Crippen LogP contribution in [-0.2, 0) is 24.3 Å². The van der Waals surface area contributed by atoms with Crippen LogP contribution in [0.2, 0.25) is 0 Å². The van der Waals surface area contributed by atoms with Crippen molar-refractivity contribution in [3.05, 3.63) is 144 Å². The molecule has 5 rings (SSSR count). The summed E-state index contributed by atoms with van der Waals surface area (Å²) < 4.78 is -0.186. The van der Waals surface area contributed by atoms with E-state index in [1.54, 1.807) is 0 Å². The third-order valence-corrected chi connectivity index (χ3v) is 9.78. The molecular weight excluding hydrogens is 631 g/mol. The minimum absolute atomic E-state index is 0. The molecular formula is C35H41Cl3N4Ti. The Hall–Kier alpha value is -1.70. The minimum Gasteiger partial charge on any atom is -1.00 e. The summed E-state index contributed by atoms with van der Waals surface area (Å²) in [4.78, 5) is 7.68. The summed E-state index contributed by atoms with van der Waals surface area (Å²) in [5, 5.41) is 4.02. The van der Waals surface area contributed by atoms with Gasteiger partial charge in [0.1, 0.15) is 0 Å². The zero-order valence-electron chi connectivity index (χ0n) is 25.1. The summed E-state index contributed by atoms with van der Waals surface area (Å²) in [5.41, 5.74) is 5.37. The maximum atomic E-state index is 4.02. The Morgan fingerprint density at radius 3 is 1.53 bits per heavy atom. The third-order valence-electron chi connectivity index (χ3n) is 8.49. The predicted molar refractivity (Wildman–Crippen MR) is 162 cm³/mol. The molecule has 4 atom stereocenters. The molecule has 226 valence electrons. The van der Waals surface area contributed by atoms with Gasteiger partial charge >= 0.3 is 253 Å². The molecule has 4 unspecified atom stereocenters. The van der Waals surface area contributed by atoms with Gasteiger partial charge in [-0.2, -0.15) is 0 Å². The Kier molecular flexibility index (Phi) is 15.4. The van der Waals surface area contributed by atoms with Crippen LogP contribution in [0.15, 0.2) is 121 Å². The molecule has 1 aliphatic rings. The molecule has 0 radical (unpaired) electrons. The van der Waals surface area contributed by atoms with Gasteiger partial charge in [0, 0.05) is 0 Å².